The number of hydrogen-bond donors (Lipinski definition) is 1. The van der Waals surface area contributed by atoms with Gasteiger partial charge in [-0.1, -0.05) is 18.1 Å². The Morgan fingerprint density at radius 1 is 1.62 bits per heavy atom. The lowest BCUT2D eigenvalue weighted by Crippen LogP contribution is -2.18. The predicted molar refractivity (Wildman–Crippen MR) is 51.9 cm³/mol. The van der Waals surface area contributed by atoms with E-state index in [-0.39, 0.29) is 5.91 Å². The Morgan fingerprint density at radius 3 is 3.00 bits per heavy atom. The first kappa shape index (κ1) is 9.34. The molecule has 0 unspecified atom stereocenters. The lowest BCUT2D eigenvalue weighted by molar-refractivity contribution is -0.119. The summed E-state index contributed by atoms with van der Waals surface area (Å²) in [6.07, 6.45) is 5.24. The molecule has 0 fully saturated rings. The molecule has 0 bridgehead atoms. The van der Waals surface area contributed by atoms with Crippen LogP contribution in [0.15, 0.2) is 24.3 Å². The number of benzene rings is 1. The predicted octanol–water partition coefficient (Wildman–Crippen LogP) is 1.30. The van der Waals surface area contributed by atoms with Gasteiger partial charge in [-0.05, 0) is 17.7 Å². The van der Waals surface area contributed by atoms with Gasteiger partial charge in [0.15, 0.2) is 0 Å². The van der Waals surface area contributed by atoms with Crippen molar-refractivity contribution < 1.29 is 4.79 Å². The van der Waals surface area contributed by atoms with Crippen LogP contribution in [0.2, 0.25) is 0 Å². The molecule has 2 heteroatoms. The zero-order valence-corrected chi connectivity index (χ0v) is 7.50. The second kappa shape index (κ2) is 4.32. The number of terminal acetylenes is 1. The summed E-state index contributed by atoms with van der Waals surface area (Å²) in [7, 11) is 0. The summed E-state index contributed by atoms with van der Waals surface area (Å²) in [6.45, 7) is 2.02. The summed E-state index contributed by atoms with van der Waals surface area (Å²) in [6, 6.07) is 7.55. The Balaban J connectivity index is 2.68. The number of nitrogens with one attached hydrogen (secondary N) is 1. The topological polar surface area (TPSA) is 29.1 Å². The normalized spacial score (nSPS) is 8.92. The molecule has 1 aromatic carbocycles. The summed E-state index contributed by atoms with van der Waals surface area (Å²) in [5.74, 6) is 2.51. The highest BCUT2D eigenvalue weighted by atomic mass is 16.1. The fourth-order valence-corrected chi connectivity index (χ4v) is 0.998. The molecule has 1 rings (SSSR count). The van der Waals surface area contributed by atoms with Crippen molar-refractivity contribution in [1.82, 2.24) is 5.32 Å². The van der Waals surface area contributed by atoms with E-state index in [1.54, 1.807) is 0 Å². The Morgan fingerprint density at radius 2 is 2.38 bits per heavy atom. The van der Waals surface area contributed by atoms with E-state index in [4.69, 9.17) is 6.42 Å². The van der Waals surface area contributed by atoms with Gasteiger partial charge in [0.1, 0.15) is 0 Å². The minimum atomic E-state index is -0.0360. The van der Waals surface area contributed by atoms with Crippen LogP contribution in [0.1, 0.15) is 18.1 Å². The minimum absolute atomic E-state index is 0.0360. The third-order valence-electron chi connectivity index (χ3n) is 1.64. The summed E-state index contributed by atoms with van der Waals surface area (Å²) in [4.78, 5) is 10.6. The van der Waals surface area contributed by atoms with Crippen LogP contribution in [0, 0.1) is 12.3 Å². The fourth-order valence-electron chi connectivity index (χ4n) is 0.998. The molecular weight excluding hydrogens is 162 g/mol. The van der Waals surface area contributed by atoms with Crippen molar-refractivity contribution in [3.8, 4) is 12.3 Å². The van der Waals surface area contributed by atoms with Crippen molar-refractivity contribution >= 4 is 5.91 Å². The minimum Gasteiger partial charge on any atom is -0.352 e. The van der Waals surface area contributed by atoms with E-state index in [9.17, 15) is 4.79 Å². The largest absolute Gasteiger partial charge is 0.352 e. The molecule has 0 aliphatic carbocycles. The highest BCUT2D eigenvalue weighted by molar-refractivity contribution is 5.72. The van der Waals surface area contributed by atoms with E-state index in [0.29, 0.717) is 6.54 Å². The van der Waals surface area contributed by atoms with Crippen LogP contribution in [0.5, 0.6) is 0 Å². The highest BCUT2D eigenvalue weighted by Crippen LogP contribution is 2.03. The molecule has 13 heavy (non-hydrogen) atoms. The van der Waals surface area contributed by atoms with E-state index in [1.165, 1.54) is 6.92 Å². The Hall–Kier alpha value is -1.75. The summed E-state index contributed by atoms with van der Waals surface area (Å²) in [5.41, 5.74) is 1.86. The maximum Gasteiger partial charge on any atom is 0.217 e. The van der Waals surface area contributed by atoms with Gasteiger partial charge in [0.05, 0.1) is 0 Å². The van der Waals surface area contributed by atoms with Gasteiger partial charge in [-0.15, -0.1) is 6.42 Å². The fraction of sp³-hybridized carbons (Fsp3) is 0.182. The molecule has 1 amide bonds. The number of carbonyl (C=O) groups excluding carboxylic acids is 1. The van der Waals surface area contributed by atoms with E-state index in [2.05, 4.69) is 11.2 Å². The molecule has 0 radical (unpaired) electrons. The Kier molecular flexibility index (Phi) is 3.10. The van der Waals surface area contributed by atoms with Crippen molar-refractivity contribution in [2.45, 2.75) is 13.5 Å². The first-order valence-electron chi connectivity index (χ1n) is 4.02. The van der Waals surface area contributed by atoms with Gasteiger partial charge >= 0.3 is 0 Å². The van der Waals surface area contributed by atoms with Crippen molar-refractivity contribution in [2.24, 2.45) is 0 Å². The van der Waals surface area contributed by atoms with Crippen LogP contribution in [0.3, 0.4) is 0 Å². The first-order chi connectivity index (χ1) is 6.22. The molecule has 0 spiro atoms. The molecule has 1 N–H and O–H groups in total. The quantitative estimate of drug-likeness (QED) is 0.671. The van der Waals surface area contributed by atoms with Gasteiger partial charge < -0.3 is 5.32 Å². The molecule has 66 valence electrons. The molecule has 0 aliphatic rings. The van der Waals surface area contributed by atoms with Crippen molar-refractivity contribution in [1.29, 1.82) is 0 Å². The maximum atomic E-state index is 10.6. The van der Waals surface area contributed by atoms with Crippen molar-refractivity contribution in [2.75, 3.05) is 0 Å². The van der Waals surface area contributed by atoms with E-state index >= 15 is 0 Å². The molecule has 2 nitrogen and oxygen atoms in total. The average Bonchev–Trinajstić information content (AvgIpc) is 2.15. The zero-order valence-electron chi connectivity index (χ0n) is 7.50. The molecule has 0 atom stereocenters. The Labute approximate surface area is 78.0 Å². The van der Waals surface area contributed by atoms with Gasteiger partial charge in [0, 0.05) is 19.0 Å². The zero-order chi connectivity index (χ0) is 9.68. The standard InChI is InChI=1S/C11H11NO/c1-3-10-5-4-6-11(7-10)8-12-9(2)13/h1,4-7H,8H2,2H3,(H,12,13). The van der Waals surface area contributed by atoms with Crippen LogP contribution in [-0.2, 0) is 11.3 Å². The molecule has 0 aliphatic heterocycles. The highest BCUT2D eigenvalue weighted by Gasteiger charge is 1.94. The third-order valence-corrected chi connectivity index (χ3v) is 1.64. The number of carbonyl (C=O) groups is 1. The van der Waals surface area contributed by atoms with Gasteiger partial charge in [0.2, 0.25) is 5.91 Å². The average molecular weight is 173 g/mol. The smallest absolute Gasteiger partial charge is 0.217 e. The van der Waals surface area contributed by atoms with Crippen LogP contribution in [-0.4, -0.2) is 5.91 Å². The number of rotatable bonds is 2. The SMILES string of the molecule is C#Cc1cccc(CNC(C)=O)c1. The van der Waals surface area contributed by atoms with E-state index in [1.807, 2.05) is 24.3 Å². The number of hydrogen-bond acceptors (Lipinski definition) is 1. The number of amides is 1. The lowest BCUT2D eigenvalue weighted by atomic mass is 10.1. The third kappa shape index (κ3) is 3.00. The second-order valence-corrected chi connectivity index (χ2v) is 2.75. The second-order valence-electron chi connectivity index (χ2n) is 2.75. The summed E-state index contributed by atoms with van der Waals surface area (Å²) < 4.78 is 0. The van der Waals surface area contributed by atoms with Gasteiger partial charge in [-0.2, -0.15) is 0 Å². The van der Waals surface area contributed by atoms with Crippen LogP contribution < -0.4 is 5.32 Å². The molecule has 0 aromatic heterocycles. The molecule has 0 saturated carbocycles. The van der Waals surface area contributed by atoms with Crippen molar-refractivity contribution in [3.05, 3.63) is 35.4 Å². The van der Waals surface area contributed by atoms with Crippen LogP contribution >= 0.6 is 0 Å². The van der Waals surface area contributed by atoms with Crippen molar-refractivity contribution in [3.63, 3.8) is 0 Å². The first-order valence-corrected chi connectivity index (χ1v) is 4.02. The van der Waals surface area contributed by atoms with Gasteiger partial charge in [0.25, 0.3) is 0 Å². The molecule has 0 heterocycles. The van der Waals surface area contributed by atoms with E-state index < -0.39 is 0 Å². The molecular formula is C11H11NO. The van der Waals surface area contributed by atoms with Crippen LogP contribution in [0.4, 0.5) is 0 Å². The lowest BCUT2D eigenvalue weighted by Gasteiger charge is -2.02. The Bertz CT molecular complexity index is 349. The molecule has 1 aromatic rings. The summed E-state index contributed by atoms with van der Waals surface area (Å²) >= 11 is 0. The van der Waals surface area contributed by atoms with Gasteiger partial charge in [-0.3, -0.25) is 4.79 Å². The van der Waals surface area contributed by atoms with E-state index in [0.717, 1.165) is 11.1 Å². The summed E-state index contributed by atoms with van der Waals surface area (Å²) in [5, 5.41) is 2.71. The maximum absolute atomic E-state index is 10.6. The molecule has 0 saturated heterocycles. The van der Waals surface area contributed by atoms with Crippen LogP contribution in [0.25, 0.3) is 0 Å². The van der Waals surface area contributed by atoms with Gasteiger partial charge in [-0.25, -0.2) is 0 Å². The monoisotopic (exact) mass is 173 g/mol.